The zero-order valence-electron chi connectivity index (χ0n) is 17.3. The molecule has 1 aliphatic heterocycles. The van der Waals surface area contributed by atoms with Crippen molar-refractivity contribution in [2.45, 2.75) is 38.0 Å². The first kappa shape index (κ1) is 21.0. The van der Waals surface area contributed by atoms with Crippen LogP contribution in [0.15, 0.2) is 33.6 Å². The van der Waals surface area contributed by atoms with Crippen molar-refractivity contribution in [3.8, 4) is 0 Å². The molecule has 0 spiro atoms. The Labute approximate surface area is 179 Å². The van der Waals surface area contributed by atoms with Crippen molar-refractivity contribution in [2.24, 2.45) is 0 Å². The summed E-state index contributed by atoms with van der Waals surface area (Å²) in [6.07, 6.45) is 3.64. The molecule has 3 heterocycles. The van der Waals surface area contributed by atoms with E-state index in [1.54, 1.807) is 6.07 Å². The summed E-state index contributed by atoms with van der Waals surface area (Å²) in [5, 5.41) is 21.5. The van der Waals surface area contributed by atoms with E-state index in [1.807, 2.05) is 18.2 Å². The maximum atomic E-state index is 12.1. The molecule has 1 aliphatic rings. The number of aromatic nitrogens is 4. The van der Waals surface area contributed by atoms with Crippen LogP contribution >= 0.6 is 0 Å². The third kappa shape index (κ3) is 5.46. The van der Waals surface area contributed by atoms with E-state index in [0.717, 1.165) is 43.6 Å². The minimum atomic E-state index is -0.211. The number of H-pyrrole nitrogens is 1. The van der Waals surface area contributed by atoms with Gasteiger partial charge in [0.25, 0.3) is 5.56 Å². The summed E-state index contributed by atoms with van der Waals surface area (Å²) in [5.74, 6) is 2.11. The fourth-order valence-electron chi connectivity index (χ4n) is 3.69. The van der Waals surface area contributed by atoms with E-state index in [4.69, 9.17) is 4.52 Å². The maximum Gasteiger partial charge on any atom is 0.272 e. The van der Waals surface area contributed by atoms with Crippen molar-refractivity contribution < 1.29 is 9.32 Å². The van der Waals surface area contributed by atoms with E-state index >= 15 is 0 Å². The largest absolute Gasteiger partial charge is 0.368 e. The van der Waals surface area contributed by atoms with Gasteiger partial charge in [-0.3, -0.25) is 9.59 Å². The van der Waals surface area contributed by atoms with Gasteiger partial charge >= 0.3 is 0 Å². The topological polar surface area (TPSA) is 138 Å². The van der Waals surface area contributed by atoms with Crippen LogP contribution in [0.5, 0.6) is 0 Å². The number of carbonyl (C=O) groups is 1. The number of hydrogen-bond donors (Lipinski definition) is 4. The van der Waals surface area contributed by atoms with Gasteiger partial charge in [-0.2, -0.15) is 10.1 Å². The summed E-state index contributed by atoms with van der Waals surface area (Å²) < 4.78 is 5.29. The molecule has 10 heteroatoms. The highest BCUT2D eigenvalue weighted by Gasteiger charge is 2.20. The lowest BCUT2D eigenvalue weighted by molar-refractivity contribution is -0.121. The van der Waals surface area contributed by atoms with Crippen LogP contribution in [0.1, 0.15) is 43.3 Å². The van der Waals surface area contributed by atoms with Gasteiger partial charge in [-0.1, -0.05) is 23.4 Å². The number of carbonyl (C=O) groups excluding carboxylic acids is 1. The second kappa shape index (κ2) is 10.2. The number of rotatable bonds is 9. The number of benzene rings is 1. The van der Waals surface area contributed by atoms with Crippen LogP contribution in [-0.2, 0) is 11.2 Å². The smallest absolute Gasteiger partial charge is 0.272 e. The molecule has 1 aromatic carbocycles. The summed E-state index contributed by atoms with van der Waals surface area (Å²) in [4.78, 5) is 28.3. The van der Waals surface area contributed by atoms with Crippen LogP contribution in [0.3, 0.4) is 0 Å². The average molecular weight is 425 g/mol. The molecule has 1 fully saturated rings. The molecule has 1 unspecified atom stereocenters. The fourth-order valence-corrected chi connectivity index (χ4v) is 3.69. The highest BCUT2D eigenvalue weighted by atomic mass is 16.5. The minimum Gasteiger partial charge on any atom is -0.368 e. The molecule has 1 amide bonds. The lowest BCUT2D eigenvalue weighted by Crippen LogP contribution is -2.29. The first-order valence-corrected chi connectivity index (χ1v) is 10.7. The lowest BCUT2D eigenvalue weighted by atomic mass is 9.99. The molecular weight excluding hydrogens is 398 g/mol. The molecule has 0 aliphatic carbocycles. The summed E-state index contributed by atoms with van der Waals surface area (Å²) in [7, 11) is 0. The first-order valence-electron chi connectivity index (χ1n) is 10.7. The normalized spacial score (nSPS) is 16.3. The molecule has 1 atom stereocenters. The molecule has 3 aromatic rings. The van der Waals surface area contributed by atoms with Gasteiger partial charge in [0, 0.05) is 43.8 Å². The average Bonchev–Trinajstić information content (AvgIpc) is 3.29. The zero-order chi connectivity index (χ0) is 21.5. The van der Waals surface area contributed by atoms with Crippen molar-refractivity contribution in [1.82, 2.24) is 31.0 Å². The molecule has 0 radical (unpaired) electrons. The van der Waals surface area contributed by atoms with Gasteiger partial charge in [0.1, 0.15) is 0 Å². The van der Waals surface area contributed by atoms with Crippen molar-refractivity contribution >= 4 is 22.5 Å². The predicted molar refractivity (Wildman–Crippen MR) is 116 cm³/mol. The van der Waals surface area contributed by atoms with E-state index in [-0.39, 0.29) is 11.5 Å². The third-order valence-corrected chi connectivity index (χ3v) is 5.38. The second-order valence-electron chi connectivity index (χ2n) is 7.67. The molecule has 10 nitrogen and oxygen atoms in total. The Bertz CT molecular complexity index is 1070. The Hall–Kier alpha value is -3.27. The van der Waals surface area contributed by atoms with E-state index in [2.05, 4.69) is 36.3 Å². The molecule has 4 N–H and O–H groups in total. The van der Waals surface area contributed by atoms with Gasteiger partial charge in [0.05, 0.1) is 5.39 Å². The molecular formula is C21H27N7O3. The van der Waals surface area contributed by atoms with E-state index in [1.165, 1.54) is 0 Å². The highest BCUT2D eigenvalue weighted by Crippen LogP contribution is 2.20. The number of amides is 1. The highest BCUT2D eigenvalue weighted by molar-refractivity contribution is 5.90. The van der Waals surface area contributed by atoms with Crippen LogP contribution in [0.4, 0.5) is 5.82 Å². The molecule has 4 rings (SSSR count). The number of aryl methyl sites for hydroxylation is 1. The molecule has 0 saturated carbocycles. The predicted octanol–water partition coefficient (Wildman–Crippen LogP) is 1.32. The van der Waals surface area contributed by atoms with E-state index < -0.39 is 0 Å². The Kier molecular flexibility index (Phi) is 6.88. The quantitative estimate of drug-likeness (QED) is 0.377. The fraction of sp³-hybridized carbons (Fsp3) is 0.476. The second-order valence-corrected chi connectivity index (χ2v) is 7.67. The van der Waals surface area contributed by atoms with E-state index in [9.17, 15) is 9.59 Å². The summed E-state index contributed by atoms with van der Waals surface area (Å²) >= 11 is 0. The monoisotopic (exact) mass is 425 g/mol. The van der Waals surface area contributed by atoms with Crippen LogP contribution in [-0.4, -0.2) is 52.4 Å². The Morgan fingerprint density at radius 3 is 2.94 bits per heavy atom. The van der Waals surface area contributed by atoms with Gasteiger partial charge in [0.15, 0.2) is 11.6 Å². The number of nitrogens with one attached hydrogen (secondary N) is 4. The van der Waals surface area contributed by atoms with Gasteiger partial charge in [0.2, 0.25) is 11.8 Å². The first-order chi connectivity index (χ1) is 15.2. The Morgan fingerprint density at radius 1 is 1.23 bits per heavy atom. The Balaban J connectivity index is 1.16. The van der Waals surface area contributed by atoms with Crippen LogP contribution in [0.2, 0.25) is 0 Å². The number of nitrogens with zero attached hydrogens (tertiary/aromatic N) is 3. The van der Waals surface area contributed by atoms with Gasteiger partial charge < -0.3 is 20.5 Å². The van der Waals surface area contributed by atoms with Gasteiger partial charge in [-0.25, -0.2) is 5.10 Å². The lowest BCUT2D eigenvalue weighted by Gasteiger charge is -2.19. The van der Waals surface area contributed by atoms with Gasteiger partial charge in [-0.05, 0) is 31.9 Å². The molecule has 31 heavy (non-hydrogen) atoms. The minimum absolute atomic E-state index is 0.0494. The molecule has 164 valence electrons. The zero-order valence-corrected chi connectivity index (χ0v) is 17.3. The summed E-state index contributed by atoms with van der Waals surface area (Å²) in [5.41, 5.74) is -0.211. The molecule has 2 aromatic heterocycles. The number of anilines is 1. The van der Waals surface area contributed by atoms with Crippen LogP contribution in [0.25, 0.3) is 10.8 Å². The van der Waals surface area contributed by atoms with E-state index in [0.29, 0.717) is 48.9 Å². The number of piperidine rings is 1. The van der Waals surface area contributed by atoms with Crippen molar-refractivity contribution in [3.05, 3.63) is 46.3 Å². The summed E-state index contributed by atoms with van der Waals surface area (Å²) in [6, 6.07) is 7.31. The number of hydrogen-bond acceptors (Lipinski definition) is 8. The Morgan fingerprint density at radius 2 is 2.10 bits per heavy atom. The van der Waals surface area contributed by atoms with Crippen molar-refractivity contribution in [2.75, 3.05) is 31.5 Å². The molecule has 0 bridgehead atoms. The maximum absolute atomic E-state index is 12.1. The summed E-state index contributed by atoms with van der Waals surface area (Å²) in [6.45, 7) is 3.06. The van der Waals surface area contributed by atoms with Gasteiger partial charge in [-0.15, -0.1) is 0 Å². The molecule has 1 saturated heterocycles. The SMILES string of the molecule is O=C(CCc1nc(C2CCCNC2)no1)NCCCNc1n[nH]c(=O)c2ccccc12. The third-order valence-electron chi connectivity index (χ3n) is 5.38. The van der Waals surface area contributed by atoms with Crippen molar-refractivity contribution in [1.29, 1.82) is 0 Å². The number of aromatic amines is 1. The van der Waals surface area contributed by atoms with Crippen molar-refractivity contribution in [3.63, 3.8) is 0 Å². The standard InChI is InChI=1S/C21H27N7O3/c29-17(8-9-18-25-19(28-31-18)14-5-3-10-22-13-14)23-11-4-12-24-20-15-6-1-2-7-16(15)21(30)27-26-20/h1-2,6-7,14,22H,3-5,8-13H2,(H,23,29)(H,24,26)(H,27,30). The number of fused-ring (bicyclic) bond motifs is 1. The van der Waals surface area contributed by atoms with Crippen LogP contribution < -0.4 is 21.5 Å². The van der Waals surface area contributed by atoms with Crippen LogP contribution in [0, 0.1) is 0 Å².